The van der Waals surface area contributed by atoms with Crippen molar-refractivity contribution in [2.24, 2.45) is 11.1 Å². The van der Waals surface area contributed by atoms with Gasteiger partial charge in [-0.15, -0.1) is 0 Å². The topological polar surface area (TPSA) is 81.4 Å². The predicted molar refractivity (Wildman–Crippen MR) is 66.3 cm³/mol. The van der Waals surface area contributed by atoms with E-state index in [1.165, 1.54) is 0 Å². The van der Waals surface area contributed by atoms with Gasteiger partial charge >= 0.3 is 5.97 Å². The van der Waals surface area contributed by atoms with Crippen LogP contribution < -0.4 is 11.1 Å². The number of nitrogens with one attached hydrogen (secondary N) is 1. The number of primary amides is 1. The highest BCUT2D eigenvalue weighted by molar-refractivity contribution is 5.80. The molecule has 0 aromatic heterocycles. The SMILES string of the molecule is CCCC(NCC(C)(C)C(N)=O)C(=O)OCC. The lowest BCUT2D eigenvalue weighted by Crippen LogP contribution is -2.47. The number of amides is 1. The summed E-state index contributed by atoms with van der Waals surface area (Å²) in [6.45, 7) is 7.99. The highest BCUT2D eigenvalue weighted by Crippen LogP contribution is 2.13. The van der Waals surface area contributed by atoms with Crippen molar-refractivity contribution in [2.75, 3.05) is 13.2 Å². The van der Waals surface area contributed by atoms with E-state index < -0.39 is 5.41 Å². The second-order valence-electron chi connectivity index (χ2n) is 4.72. The van der Waals surface area contributed by atoms with E-state index in [0.29, 0.717) is 19.6 Å². The van der Waals surface area contributed by atoms with Crippen LogP contribution in [0.15, 0.2) is 0 Å². The summed E-state index contributed by atoms with van der Waals surface area (Å²) in [6.07, 6.45) is 1.56. The molecule has 5 nitrogen and oxygen atoms in total. The number of carbonyl (C=O) groups is 2. The van der Waals surface area contributed by atoms with Crippen molar-refractivity contribution in [1.29, 1.82) is 0 Å². The molecule has 0 bridgehead atoms. The molecule has 1 amide bonds. The first kappa shape index (κ1) is 15.9. The lowest BCUT2D eigenvalue weighted by Gasteiger charge is -2.24. The molecule has 0 spiro atoms. The first-order valence-electron chi connectivity index (χ1n) is 6.05. The minimum Gasteiger partial charge on any atom is -0.465 e. The summed E-state index contributed by atoms with van der Waals surface area (Å²) < 4.78 is 4.96. The third-order valence-corrected chi connectivity index (χ3v) is 2.61. The minimum atomic E-state index is -0.668. The molecule has 1 atom stereocenters. The van der Waals surface area contributed by atoms with Crippen molar-refractivity contribution in [2.45, 2.75) is 46.6 Å². The smallest absolute Gasteiger partial charge is 0.323 e. The Kier molecular flexibility index (Phi) is 6.80. The molecule has 0 aromatic rings. The molecule has 1 unspecified atom stereocenters. The van der Waals surface area contributed by atoms with Crippen molar-refractivity contribution in [3.63, 3.8) is 0 Å². The zero-order chi connectivity index (χ0) is 13.5. The summed E-state index contributed by atoms with van der Waals surface area (Å²) in [4.78, 5) is 22.8. The van der Waals surface area contributed by atoms with E-state index in [1.54, 1.807) is 20.8 Å². The summed E-state index contributed by atoms with van der Waals surface area (Å²) in [6, 6.07) is -0.362. The molecule has 0 rings (SSSR count). The molecule has 5 heteroatoms. The zero-order valence-electron chi connectivity index (χ0n) is 11.2. The molecule has 0 aromatic carbocycles. The van der Waals surface area contributed by atoms with Crippen molar-refractivity contribution in [3.05, 3.63) is 0 Å². The normalized spacial score (nSPS) is 13.2. The average molecular weight is 244 g/mol. The average Bonchev–Trinajstić information content (AvgIpc) is 2.24. The number of rotatable bonds is 8. The molecule has 0 aliphatic carbocycles. The Labute approximate surface area is 103 Å². The van der Waals surface area contributed by atoms with Crippen LogP contribution in [0.1, 0.15) is 40.5 Å². The van der Waals surface area contributed by atoms with E-state index in [0.717, 1.165) is 6.42 Å². The number of nitrogens with two attached hydrogens (primary N) is 1. The van der Waals surface area contributed by atoms with Gasteiger partial charge in [0.05, 0.1) is 12.0 Å². The van der Waals surface area contributed by atoms with Crippen LogP contribution in [-0.2, 0) is 14.3 Å². The fourth-order valence-electron chi connectivity index (χ4n) is 1.30. The maximum Gasteiger partial charge on any atom is 0.323 e. The number of carbonyl (C=O) groups excluding carboxylic acids is 2. The summed E-state index contributed by atoms with van der Waals surface area (Å²) in [5, 5.41) is 3.05. The van der Waals surface area contributed by atoms with E-state index in [2.05, 4.69) is 5.32 Å². The van der Waals surface area contributed by atoms with Gasteiger partial charge in [-0.25, -0.2) is 0 Å². The minimum absolute atomic E-state index is 0.269. The van der Waals surface area contributed by atoms with Crippen LogP contribution in [-0.4, -0.2) is 31.1 Å². The summed E-state index contributed by atoms with van der Waals surface area (Å²) in [5.41, 5.74) is 4.60. The van der Waals surface area contributed by atoms with Crippen LogP contribution in [0.5, 0.6) is 0 Å². The van der Waals surface area contributed by atoms with Gasteiger partial charge in [0.25, 0.3) is 0 Å². The van der Waals surface area contributed by atoms with Gasteiger partial charge in [0.15, 0.2) is 0 Å². The maximum atomic E-state index is 11.6. The highest BCUT2D eigenvalue weighted by Gasteiger charge is 2.27. The molecular weight excluding hydrogens is 220 g/mol. The molecular formula is C12H24N2O3. The molecule has 0 heterocycles. The van der Waals surface area contributed by atoms with Crippen LogP contribution in [0.2, 0.25) is 0 Å². The Morgan fingerprint density at radius 3 is 2.35 bits per heavy atom. The number of esters is 1. The molecule has 0 fully saturated rings. The summed E-state index contributed by atoms with van der Waals surface area (Å²) >= 11 is 0. The molecule has 0 aliphatic rings. The van der Waals surface area contributed by atoms with E-state index in [-0.39, 0.29) is 17.9 Å². The Morgan fingerprint density at radius 1 is 1.35 bits per heavy atom. The van der Waals surface area contributed by atoms with Gasteiger partial charge in [0.2, 0.25) is 5.91 Å². The fraction of sp³-hybridized carbons (Fsp3) is 0.833. The van der Waals surface area contributed by atoms with Gasteiger partial charge in [0, 0.05) is 6.54 Å². The summed E-state index contributed by atoms with van der Waals surface area (Å²) in [7, 11) is 0. The van der Waals surface area contributed by atoms with Crippen molar-refractivity contribution >= 4 is 11.9 Å². The molecule has 17 heavy (non-hydrogen) atoms. The first-order valence-corrected chi connectivity index (χ1v) is 6.05. The second-order valence-corrected chi connectivity index (χ2v) is 4.72. The van der Waals surface area contributed by atoms with E-state index >= 15 is 0 Å². The predicted octanol–water partition coefficient (Wildman–Crippen LogP) is 0.819. The van der Waals surface area contributed by atoms with Gasteiger partial charge in [-0.3, -0.25) is 9.59 Å². The molecule has 3 N–H and O–H groups in total. The maximum absolute atomic E-state index is 11.6. The van der Waals surface area contributed by atoms with Crippen LogP contribution >= 0.6 is 0 Å². The van der Waals surface area contributed by atoms with Gasteiger partial charge < -0.3 is 15.8 Å². The molecule has 0 aliphatic heterocycles. The quantitative estimate of drug-likeness (QED) is 0.619. The lowest BCUT2D eigenvalue weighted by molar-refractivity contribution is -0.146. The Bertz CT molecular complexity index is 264. The van der Waals surface area contributed by atoms with Gasteiger partial charge in [-0.2, -0.15) is 0 Å². The molecule has 0 radical (unpaired) electrons. The number of hydrogen-bond acceptors (Lipinski definition) is 4. The summed E-state index contributed by atoms with van der Waals surface area (Å²) in [5.74, 6) is -0.654. The van der Waals surface area contributed by atoms with Crippen LogP contribution in [0.4, 0.5) is 0 Å². The van der Waals surface area contributed by atoms with Crippen molar-refractivity contribution < 1.29 is 14.3 Å². The lowest BCUT2D eigenvalue weighted by atomic mass is 9.92. The van der Waals surface area contributed by atoms with Gasteiger partial charge in [0.1, 0.15) is 6.04 Å². The first-order chi connectivity index (χ1) is 7.85. The largest absolute Gasteiger partial charge is 0.465 e. The Hall–Kier alpha value is -1.10. The monoisotopic (exact) mass is 244 g/mol. The van der Waals surface area contributed by atoms with E-state index in [1.807, 2.05) is 6.92 Å². The van der Waals surface area contributed by atoms with Crippen molar-refractivity contribution in [3.8, 4) is 0 Å². The third-order valence-electron chi connectivity index (χ3n) is 2.61. The third kappa shape index (κ3) is 5.68. The standard InChI is InChI=1S/C12H24N2O3/c1-5-7-9(10(15)17-6-2)14-8-12(3,4)11(13)16/h9,14H,5-8H2,1-4H3,(H2,13,16). The fourth-order valence-corrected chi connectivity index (χ4v) is 1.30. The van der Waals surface area contributed by atoms with Crippen LogP contribution in [0, 0.1) is 5.41 Å². The number of hydrogen-bond donors (Lipinski definition) is 2. The van der Waals surface area contributed by atoms with Crippen molar-refractivity contribution in [1.82, 2.24) is 5.32 Å². The molecule has 100 valence electrons. The second kappa shape index (κ2) is 7.27. The zero-order valence-corrected chi connectivity index (χ0v) is 11.2. The van der Waals surface area contributed by atoms with Crippen LogP contribution in [0.25, 0.3) is 0 Å². The van der Waals surface area contributed by atoms with Gasteiger partial charge in [-0.1, -0.05) is 13.3 Å². The number of ether oxygens (including phenoxy) is 1. The highest BCUT2D eigenvalue weighted by atomic mass is 16.5. The van der Waals surface area contributed by atoms with Crippen LogP contribution in [0.3, 0.4) is 0 Å². The van der Waals surface area contributed by atoms with E-state index in [4.69, 9.17) is 10.5 Å². The Morgan fingerprint density at radius 2 is 1.94 bits per heavy atom. The van der Waals surface area contributed by atoms with E-state index in [9.17, 15) is 9.59 Å². The molecule has 0 saturated carbocycles. The Balaban J connectivity index is 4.36. The van der Waals surface area contributed by atoms with Gasteiger partial charge in [-0.05, 0) is 27.2 Å². The molecule has 0 saturated heterocycles.